The molecule has 0 aliphatic carbocycles. The molecule has 0 saturated carbocycles. The van der Waals surface area contributed by atoms with Crippen LogP contribution in [0.15, 0.2) is 52.9 Å². The Morgan fingerprint density at radius 3 is 2.50 bits per heavy atom. The summed E-state index contributed by atoms with van der Waals surface area (Å²) in [7, 11) is 0. The number of phenolic OH excluding ortho intramolecular Hbond substituents is 1. The lowest BCUT2D eigenvalue weighted by atomic mass is 10.1. The first-order valence-electron chi connectivity index (χ1n) is 6.48. The van der Waals surface area contributed by atoms with Gasteiger partial charge in [-0.25, -0.2) is 4.98 Å². The van der Waals surface area contributed by atoms with Crippen molar-refractivity contribution in [3.8, 4) is 5.75 Å². The largest absolute Gasteiger partial charge is 0.506 e. The van der Waals surface area contributed by atoms with Gasteiger partial charge in [-0.2, -0.15) is 0 Å². The molecule has 0 radical (unpaired) electrons. The van der Waals surface area contributed by atoms with Crippen molar-refractivity contribution in [2.24, 2.45) is 0 Å². The van der Waals surface area contributed by atoms with Gasteiger partial charge in [0.1, 0.15) is 16.8 Å². The summed E-state index contributed by atoms with van der Waals surface area (Å²) in [5.41, 5.74) is 1.71. The zero-order valence-corrected chi connectivity index (χ0v) is 11.4. The summed E-state index contributed by atoms with van der Waals surface area (Å²) >= 11 is 0. The average Bonchev–Trinajstić information content (AvgIpc) is 2.86. The Kier molecular flexibility index (Phi) is 2.86. The number of fused-ring (bicyclic) bond motifs is 1. The molecule has 102 valence electrons. The van der Waals surface area contributed by atoms with Crippen molar-refractivity contribution in [1.29, 1.82) is 0 Å². The van der Waals surface area contributed by atoms with Crippen LogP contribution in [0.2, 0.25) is 0 Å². The van der Waals surface area contributed by atoms with E-state index in [1.54, 1.807) is 12.1 Å². The lowest BCUT2D eigenvalue weighted by Crippen LogP contribution is -2.28. The minimum Gasteiger partial charge on any atom is -0.506 e. The summed E-state index contributed by atoms with van der Waals surface area (Å²) in [5, 5.41) is 13.1. The normalized spacial score (nSPS) is 11.7. The number of aromatic nitrogens is 1. The van der Waals surface area contributed by atoms with Crippen LogP contribution in [0.3, 0.4) is 0 Å². The van der Waals surface area contributed by atoms with E-state index in [0.717, 1.165) is 11.1 Å². The summed E-state index contributed by atoms with van der Waals surface area (Å²) < 4.78 is 5.79. The molecule has 20 heavy (non-hydrogen) atoms. The van der Waals surface area contributed by atoms with E-state index in [9.17, 15) is 5.11 Å². The number of hydrogen-bond acceptors (Lipinski definition) is 4. The van der Waals surface area contributed by atoms with Gasteiger partial charge in [0.2, 0.25) is 5.89 Å². The molecule has 0 amide bonds. The van der Waals surface area contributed by atoms with Crippen molar-refractivity contribution < 1.29 is 9.52 Å². The summed E-state index contributed by atoms with van der Waals surface area (Å²) in [6, 6.07) is 14.8. The zero-order valence-electron chi connectivity index (χ0n) is 11.4. The van der Waals surface area contributed by atoms with Crippen molar-refractivity contribution in [3.05, 3.63) is 54.4 Å². The molecule has 0 fully saturated rings. The van der Waals surface area contributed by atoms with Gasteiger partial charge in [-0.1, -0.05) is 24.3 Å². The first-order valence-corrected chi connectivity index (χ1v) is 6.48. The summed E-state index contributed by atoms with van der Waals surface area (Å²) in [6.45, 7) is 3.92. The maximum absolute atomic E-state index is 9.85. The molecule has 2 aromatic carbocycles. The van der Waals surface area contributed by atoms with Gasteiger partial charge in [0.25, 0.3) is 0 Å². The molecule has 0 saturated heterocycles. The highest BCUT2D eigenvalue weighted by atomic mass is 16.4. The van der Waals surface area contributed by atoms with Gasteiger partial charge in [0.05, 0.1) is 5.69 Å². The van der Waals surface area contributed by atoms with Crippen LogP contribution in [-0.4, -0.2) is 10.1 Å². The van der Waals surface area contributed by atoms with Crippen molar-refractivity contribution in [2.75, 3.05) is 5.32 Å². The fraction of sp³-hybridized carbons (Fsp3) is 0.188. The van der Waals surface area contributed by atoms with E-state index >= 15 is 0 Å². The predicted octanol–water partition coefficient (Wildman–Crippen LogP) is 3.88. The molecule has 0 unspecified atom stereocenters. The molecular formula is C16H16N2O2. The number of rotatable bonds is 3. The number of para-hydroxylation sites is 4. The van der Waals surface area contributed by atoms with Crippen LogP contribution >= 0.6 is 0 Å². The maximum atomic E-state index is 9.85. The zero-order chi connectivity index (χ0) is 14.2. The van der Waals surface area contributed by atoms with E-state index < -0.39 is 5.54 Å². The SMILES string of the molecule is CC(C)(Nc1ccccc1O)c1nc2ccccc2o1. The van der Waals surface area contributed by atoms with Crippen molar-refractivity contribution in [1.82, 2.24) is 4.98 Å². The summed E-state index contributed by atoms with van der Waals surface area (Å²) in [6.07, 6.45) is 0. The second-order valence-corrected chi connectivity index (χ2v) is 5.25. The van der Waals surface area contributed by atoms with Crippen LogP contribution in [-0.2, 0) is 5.54 Å². The van der Waals surface area contributed by atoms with Crippen LogP contribution in [0.4, 0.5) is 5.69 Å². The number of nitrogens with one attached hydrogen (secondary N) is 1. The maximum Gasteiger partial charge on any atom is 0.220 e. The number of benzene rings is 2. The Morgan fingerprint density at radius 2 is 1.75 bits per heavy atom. The Balaban J connectivity index is 1.97. The fourth-order valence-corrected chi connectivity index (χ4v) is 2.11. The fourth-order valence-electron chi connectivity index (χ4n) is 2.11. The van der Waals surface area contributed by atoms with Crippen molar-refractivity contribution in [2.45, 2.75) is 19.4 Å². The highest BCUT2D eigenvalue weighted by Gasteiger charge is 2.27. The van der Waals surface area contributed by atoms with E-state index in [4.69, 9.17) is 4.42 Å². The molecule has 0 atom stereocenters. The third kappa shape index (κ3) is 2.20. The van der Waals surface area contributed by atoms with Crippen LogP contribution < -0.4 is 5.32 Å². The lowest BCUT2D eigenvalue weighted by Gasteiger charge is -2.24. The standard InChI is InChI=1S/C16H16N2O2/c1-16(2,18-11-7-3-5-9-13(11)19)15-17-12-8-4-6-10-14(12)20-15/h3-10,18-19H,1-2H3. The van der Waals surface area contributed by atoms with Gasteiger partial charge < -0.3 is 14.8 Å². The van der Waals surface area contributed by atoms with Crippen LogP contribution in [0.5, 0.6) is 5.75 Å². The Morgan fingerprint density at radius 1 is 1.05 bits per heavy atom. The third-order valence-electron chi connectivity index (χ3n) is 3.18. The molecule has 4 nitrogen and oxygen atoms in total. The monoisotopic (exact) mass is 268 g/mol. The van der Waals surface area contributed by atoms with Gasteiger partial charge in [0.15, 0.2) is 5.58 Å². The topological polar surface area (TPSA) is 58.3 Å². The summed E-state index contributed by atoms with van der Waals surface area (Å²) in [5.74, 6) is 0.790. The van der Waals surface area contributed by atoms with Gasteiger partial charge in [-0.3, -0.25) is 0 Å². The van der Waals surface area contributed by atoms with E-state index in [2.05, 4.69) is 10.3 Å². The number of phenols is 1. The molecule has 2 N–H and O–H groups in total. The molecule has 0 aliphatic heterocycles. The minimum absolute atomic E-state index is 0.205. The molecular weight excluding hydrogens is 252 g/mol. The second-order valence-electron chi connectivity index (χ2n) is 5.25. The van der Waals surface area contributed by atoms with Gasteiger partial charge in [0, 0.05) is 0 Å². The number of aromatic hydroxyl groups is 1. The van der Waals surface area contributed by atoms with Gasteiger partial charge in [-0.15, -0.1) is 0 Å². The summed E-state index contributed by atoms with van der Waals surface area (Å²) in [4.78, 5) is 4.50. The van der Waals surface area contributed by atoms with Gasteiger partial charge >= 0.3 is 0 Å². The van der Waals surface area contributed by atoms with Crippen molar-refractivity contribution >= 4 is 16.8 Å². The average molecular weight is 268 g/mol. The Hall–Kier alpha value is -2.49. The van der Waals surface area contributed by atoms with Crippen LogP contribution in [0.25, 0.3) is 11.1 Å². The molecule has 0 bridgehead atoms. The first kappa shape index (κ1) is 12.5. The molecule has 0 spiro atoms. The Bertz CT molecular complexity index is 714. The van der Waals surface area contributed by atoms with Crippen LogP contribution in [0, 0.1) is 0 Å². The smallest absolute Gasteiger partial charge is 0.220 e. The number of anilines is 1. The molecule has 1 heterocycles. The quantitative estimate of drug-likeness (QED) is 0.708. The number of nitrogens with zero attached hydrogens (tertiary/aromatic N) is 1. The highest BCUT2D eigenvalue weighted by Crippen LogP contribution is 2.31. The third-order valence-corrected chi connectivity index (χ3v) is 3.18. The molecule has 3 rings (SSSR count). The van der Waals surface area contributed by atoms with Crippen LogP contribution in [0.1, 0.15) is 19.7 Å². The predicted molar refractivity (Wildman–Crippen MR) is 78.8 cm³/mol. The number of hydrogen-bond donors (Lipinski definition) is 2. The second kappa shape index (κ2) is 4.56. The minimum atomic E-state index is -0.530. The molecule has 1 aromatic heterocycles. The molecule has 0 aliphatic rings. The Labute approximate surface area is 117 Å². The first-order chi connectivity index (χ1) is 9.56. The van der Waals surface area contributed by atoms with E-state index in [1.807, 2.05) is 50.2 Å². The number of oxazole rings is 1. The van der Waals surface area contributed by atoms with E-state index in [-0.39, 0.29) is 5.75 Å². The highest BCUT2D eigenvalue weighted by molar-refractivity contribution is 5.72. The lowest BCUT2D eigenvalue weighted by molar-refractivity contribution is 0.416. The van der Waals surface area contributed by atoms with Crippen molar-refractivity contribution in [3.63, 3.8) is 0 Å². The molecule has 3 aromatic rings. The van der Waals surface area contributed by atoms with E-state index in [1.165, 1.54) is 0 Å². The van der Waals surface area contributed by atoms with E-state index in [0.29, 0.717) is 11.6 Å². The van der Waals surface area contributed by atoms with Gasteiger partial charge in [-0.05, 0) is 38.1 Å². The molecule has 4 heteroatoms.